The number of fused-ring (bicyclic) bond motifs is 3. The van der Waals surface area contributed by atoms with Gasteiger partial charge in [-0.2, -0.15) is 0 Å². The maximum atomic E-state index is 4.54. The Kier molecular flexibility index (Phi) is 1.90. The largest absolute Gasteiger partial charge is 0.278 e. The molecular formula is C13H14N. The molecule has 0 spiro atoms. The van der Waals surface area contributed by atoms with Gasteiger partial charge in [0.15, 0.2) is 0 Å². The first-order chi connectivity index (χ1) is 6.95. The standard InChI is InChI=1S/C13H14N/c1-2-6-11-10(5-1)9-14-13-8-4-3-7-12(11)13/h1-2,5-6,12-13H,3-4,7-8H2. The third kappa shape index (κ3) is 1.19. The lowest BCUT2D eigenvalue weighted by Gasteiger charge is -2.32. The van der Waals surface area contributed by atoms with Gasteiger partial charge < -0.3 is 0 Å². The van der Waals surface area contributed by atoms with Gasteiger partial charge in [-0.25, -0.2) is 0 Å². The van der Waals surface area contributed by atoms with Crippen molar-refractivity contribution in [2.24, 2.45) is 4.99 Å². The van der Waals surface area contributed by atoms with Gasteiger partial charge in [-0.1, -0.05) is 37.1 Å². The summed E-state index contributed by atoms with van der Waals surface area (Å²) in [6, 6.07) is 9.12. The van der Waals surface area contributed by atoms with Gasteiger partial charge in [-0.15, -0.1) is 0 Å². The summed E-state index contributed by atoms with van der Waals surface area (Å²) >= 11 is 0. The summed E-state index contributed by atoms with van der Waals surface area (Å²) in [7, 11) is 0. The second-order valence-corrected chi connectivity index (χ2v) is 4.29. The summed E-state index contributed by atoms with van der Waals surface area (Å²) < 4.78 is 0. The Morgan fingerprint density at radius 1 is 1.14 bits per heavy atom. The van der Waals surface area contributed by atoms with Gasteiger partial charge in [0, 0.05) is 11.5 Å². The van der Waals surface area contributed by atoms with Crippen LogP contribution in [-0.4, -0.2) is 12.3 Å². The third-order valence-electron chi connectivity index (χ3n) is 3.44. The highest BCUT2D eigenvalue weighted by atomic mass is 14.8. The fourth-order valence-electron chi connectivity index (χ4n) is 2.70. The SMILES string of the molecule is [C]1=NC2CCCCC2c2ccccc21. The lowest BCUT2D eigenvalue weighted by molar-refractivity contribution is 0.384. The quantitative estimate of drug-likeness (QED) is 0.587. The van der Waals surface area contributed by atoms with Gasteiger partial charge in [0.05, 0.1) is 12.3 Å². The van der Waals surface area contributed by atoms with Crippen molar-refractivity contribution in [2.75, 3.05) is 0 Å². The number of hydrogen-bond acceptors (Lipinski definition) is 1. The van der Waals surface area contributed by atoms with Crippen LogP contribution in [0.5, 0.6) is 0 Å². The first-order valence-electron chi connectivity index (χ1n) is 5.50. The zero-order chi connectivity index (χ0) is 9.38. The fourth-order valence-corrected chi connectivity index (χ4v) is 2.70. The normalized spacial score (nSPS) is 29.4. The molecule has 2 unspecified atom stereocenters. The van der Waals surface area contributed by atoms with Gasteiger partial charge in [-0.05, 0) is 18.4 Å². The molecular weight excluding hydrogens is 170 g/mol. The van der Waals surface area contributed by atoms with Crippen LogP contribution in [0.3, 0.4) is 0 Å². The summed E-state index contributed by atoms with van der Waals surface area (Å²) in [6.45, 7) is 0. The second kappa shape index (κ2) is 3.23. The van der Waals surface area contributed by atoms with Crippen molar-refractivity contribution in [3.8, 4) is 0 Å². The van der Waals surface area contributed by atoms with Crippen LogP contribution < -0.4 is 0 Å². The summed E-state index contributed by atoms with van der Waals surface area (Å²) in [4.78, 5) is 4.54. The van der Waals surface area contributed by atoms with Crippen LogP contribution >= 0.6 is 0 Å². The topological polar surface area (TPSA) is 12.4 Å². The molecule has 1 aromatic rings. The van der Waals surface area contributed by atoms with Gasteiger partial charge in [0.2, 0.25) is 0 Å². The molecule has 1 nitrogen and oxygen atoms in total. The zero-order valence-electron chi connectivity index (χ0n) is 8.24. The van der Waals surface area contributed by atoms with E-state index in [9.17, 15) is 0 Å². The lowest BCUT2D eigenvalue weighted by atomic mass is 9.77. The molecule has 71 valence electrons. The van der Waals surface area contributed by atoms with Crippen LogP contribution in [0.4, 0.5) is 0 Å². The minimum Gasteiger partial charge on any atom is -0.278 e. The van der Waals surface area contributed by atoms with E-state index in [2.05, 4.69) is 35.5 Å². The number of rotatable bonds is 0. The molecule has 14 heavy (non-hydrogen) atoms. The Bertz CT molecular complexity index is 367. The van der Waals surface area contributed by atoms with E-state index in [0.29, 0.717) is 12.0 Å². The lowest BCUT2D eigenvalue weighted by Crippen LogP contribution is -2.25. The Labute approximate surface area is 84.9 Å². The molecule has 1 radical (unpaired) electrons. The predicted octanol–water partition coefficient (Wildman–Crippen LogP) is 3.02. The molecule has 2 aliphatic rings. The highest BCUT2D eigenvalue weighted by Gasteiger charge is 2.29. The van der Waals surface area contributed by atoms with Crippen LogP contribution in [-0.2, 0) is 0 Å². The van der Waals surface area contributed by atoms with Crippen molar-refractivity contribution < 1.29 is 0 Å². The number of hydrogen-bond donors (Lipinski definition) is 0. The smallest absolute Gasteiger partial charge is 0.0911 e. The van der Waals surface area contributed by atoms with E-state index in [1.54, 1.807) is 0 Å². The number of aliphatic imine (C=N–C) groups is 1. The van der Waals surface area contributed by atoms with Gasteiger partial charge in [-0.3, -0.25) is 4.99 Å². The maximum absolute atomic E-state index is 4.54. The number of benzene rings is 1. The number of nitrogens with zero attached hydrogens (tertiary/aromatic N) is 1. The Morgan fingerprint density at radius 3 is 3.00 bits per heavy atom. The monoisotopic (exact) mass is 184 g/mol. The Morgan fingerprint density at radius 2 is 2.00 bits per heavy atom. The van der Waals surface area contributed by atoms with E-state index in [-0.39, 0.29) is 0 Å². The van der Waals surface area contributed by atoms with E-state index in [1.807, 2.05) is 0 Å². The van der Waals surface area contributed by atoms with Crippen LogP contribution in [0, 0.1) is 0 Å². The van der Waals surface area contributed by atoms with E-state index in [1.165, 1.54) is 36.8 Å². The average Bonchev–Trinajstić information content (AvgIpc) is 2.29. The van der Waals surface area contributed by atoms with Gasteiger partial charge in [0.1, 0.15) is 0 Å². The minimum atomic E-state index is 0.527. The summed E-state index contributed by atoms with van der Waals surface area (Å²) in [5, 5.41) is 0. The van der Waals surface area contributed by atoms with Crippen LogP contribution in [0.1, 0.15) is 42.7 Å². The molecule has 1 heterocycles. The van der Waals surface area contributed by atoms with E-state index < -0.39 is 0 Å². The fraction of sp³-hybridized carbons (Fsp3) is 0.462. The van der Waals surface area contributed by atoms with Crippen molar-refractivity contribution in [2.45, 2.75) is 37.6 Å². The van der Waals surface area contributed by atoms with Crippen molar-refractivity contribution in [3.05, 3.63) is 35.4 Å². The molecule has 1 aliphatic heterocycles. The van der Waals surface area contributed by atoms with Crippen molar-refractivity contribution in [3.63, 3.8) is 0 Å². The molecule has 1 aromatic carbocycles. The van der Waals surface area contributed by atoms with Crippen LogP contribution in [0.15, 0.2) is 29.3 Å². The summed E-state index contributed by atoms with van der Waals surface area (Å²) in [5.74, 6) is 0.682. The van der Waals surface area contributed by atoms with E-state index >= 15 is 0 Å². The van der Waals surface area contributed by atoms with Gasteiger partial charge >= 0.3 is 0 Å². The molecule has 1 aliphatic carbocycles. The molecule has 0 saturated heterocycles. The third-order valence-corrected chi connectivity index (χ3v) is 3.44. The molecule has 3 rings (SSSR count). The highest BCUT2D eigenvalue weighted by molar-refractivity contribution is 5.83. The maximum Gasteiger partial charge on any atom is 0.0911 e. The first kappa shape index (κ1) is 8.22. The molecule has 1 saturated carbocycles. The molecule has 2 atom stereocenters. The molecule has 1 fully saturated rings. The van der Waals surface area contributed by atoms with Crippen LogP contribution in [0.2, 0.25) is 0 Å². The van der Waals surface area contributed by atoms with Crippen LogP contribution in [0.25, 0.3) is 0 Å². The minimum absolute atomic E-state index is 0.527. The zero-order valence-corrected chi connectivity index (χ0v) is 8.24. The highest BCUT2D eigenvalue weighted by Crippen LogP contribution is 2.38. The van der Waals surface area contributed by atoms with Crippen molar-refractivity contribution in [1.29, 1.82) is 0 Å². The molecule has 1 heteroatoms. The molecule has 0 aromatic heterocycles. The predicted molar refractivity (Wildman–Crippen MR) is 58.0 cm³/mol. The van der Waals surface area contributed by atoms with E-state index in [4.69, 9.17) is 0 Å². The molecule has 0 amide bonds. The summed E-state index contributed by atoms with van der Waals surface area (Å²) in [5.41, 5.74) is 2.70. The summed E-state index contributed by atoms with van der Waals surface area (Å²) in [6.07, 6.45) is 8.46. The first-order valence-corrected chi connectivity index (χ1v) is 5.50. The van der Waals surface area contributed by atoms with Crippen molar-refractivity contribution >= 4 is 6.21 Å². The molecule has 0 N–H and O–H groups in total. The second-order valence-electron chi connectivity index (χ2n) is 4.29. The Balaban J connectivity index is 2.05. The molecule has 0 bridgehead atoms. The Hall–Kier alpha value is -1.11. The van der Waals surface area contributed by atoms with E-state index in [0.717, 1.165) is 0 Å². The average molecular weight is 184 g/mol. The van der Waals surface area contributed by atoms with Crippen molar-refractivity contribution in [1.82, 2.24) is 0 Å². The van der Waals surface area contributed by atoms with Gasteiger partial charge in [0.25, 0.3) is 0 Å².